The van der Waals surface area contributed by atoms with Gasteiger partial charge in [0, 0.05) is 29.4 Å². The van der Waals surface area contributed by atoms with E-state index < -0.39 is 34.1 Å². The fraction of sp³-hybridized carbons (Fsp3) is 0.348. The molecule has 0 bridgehead atoms. The molecule has 1 spiro atoms. The number of nitro groups is 1. The molecule has 10 heteroatoms. The molecule has 4 heterocycles. The van der Waals surface area contributed by atoms with Crippen molar-refractivity contribution < 1.29 is 19.3 Å². The maximum Gasteiger partial charge on any atom is 0.271 e. The van der Waals surface area contributed by atoms with Crippen LogP contribution in [0, 0.1) is 28.9 Å². The third-order valence-electron chi connectivity index (χ3n) is 7.53. The zero-order valence-electron chi connectivity index (χ0n) is 17.6. The van der Waals surface area contributed by atoms with Gasteiger partial charge in [-0.3, -0.25) is 29.4 Å². The van der Waals surface area contributed by atoms with Crippen molar-refractivity contribution >= 4 is 46.4 Å². The van der Waals surface area contributed by atoms with Crippen molar-refractivity contribution in [1.29, 1.82) is 0 Å². The van der Waals surface area contributed by atoms with E-state index >= 15 is 0 Å². The molecule has 4 aliphatic rings. The van der Waals surface area contributed by atoms with E-state index in [1.807, 2.05) is 30.0 Å². The number of imide groups is 1. The van der Waals surface area contributed by atoms with E-state index in [0.29, 0.717) is 18.7 Å². The van der Waals surface area contributed by atoms with Crippen molar-refractivity contribution in [3.8, 4) is 0 Å². The number of anilines is 2. The van der Waals surface area contributed by atoms with Crippen LogP contribution in [0.4, 0.5) is 17.1 Å². The molecule has 0 radical (unpaired) electrons. The molecular formula is C23H19ClN4O5. The van der Waals surface area contributed by atoms with Gasteiger partial charge in [0.05, 0.1) is 27.5 Å². The topological polar surface area (TPSA) is 113 Å². The Bertz CT molecular complexity index is 1300. The van der Waals surface area contributed by atoms with Gasteiger partial charge in [0.1, 0.15) is 5.54 Å². The number of fused-ring (bicyclic) bond motifs is 7. The highest BCUT2D eigenvalue weighted by atomic mass is 35.5. The fourth-order valence-corrected chi connectivity index (χ4v) is 6.60. The van der Waals surface area contributed by atoms with Gasteiger partial charge in [-0.25, -0.2) is 4.90 Å². The number of rotatable bonds is 2. The van der Waals surface area contributed by atoms with Crippen LogP contribution in [0.2, 0.25) is 5.02 Å². The quantitative estimate of drug-likeness (QED) is 0.413. The Morgan fingerprint density at radius 3 is 2.67 bits per heavy atom. The summed E-state index contributed by atoms with van der Waals surface area (Å²) in [5, 5.41) is 14.0. The zero-order valence-corrected chi connectivity index (χ0v) is 18.3. The SMILES string of the molecule is Cc1ccc2c(c1)[C@@]1(C(=O)N2)[C@@H]2C(=O)N(c3ccc([N+](=O)[O-])cc3Cl)C(=O)[C@@H]2[C@H]2CCCN21. The first-order valence-electron chi connectivity index (χ1n) is 10.8. The Hall–Kier alpha value is -3.30. The van der Waals surface area contributed by atoms with E-state index in [1.54, 1.807) is 0 Å². The minimum atomic E-state index is -1.26. The van der Waals surface area contributed by atoms with Crippen LogP contribution >= 0.6 is 11.6 Å². The lowest BCUT2D eigenvalue weighted by Crippen LogP contribution is -2.54. The van der Waals surface area contributed by atoms with E-state index in [9.17, 15) is 24.5 Å². The molecule has 0 unspecified atom stereocenters. The average molecular weight is 467 g/mol. The summed E-state index contributed by atoms with van der Waals surface area (Å²) in [5.41, 5.74) is 0.946. The Morgan fingerprint density at radius 1 is 1.15 bits per heavy atom. The molecule has 0 saturated carbocycles. The van der Waals surface area contributed by atoms with Crippen LogP contribution in [-0.4, -0.2) is 40.1 Å². The van der Waals surface area contributed by atoms with E-state index in [0.717, 1.165) is 28.5 Å². The number of nitrogens with zero attached hydrogens (tertiary/aromatic N) is 3. The lowest BCUT2D eigenvalue weighted by molar-refractivity contribution is -0.384. The largest absolute Gasteiger partial charge is 0.324 e. The number of carbonyl (C=O) groups is 3. The van der Waals surface area contributed by atoms with Gasteiger partial charge in [-0.15, -0.1) is 0 Å². The number of benzene rings is 2. The van der Waals surface area contributed by atoms with Gasteiger partial charge in [-0.1, -0.05) is 29.3 Å². The Labute approximate surface area is 193 Å². The fourth-order valence-electron chi connectivity index (χ4n) is 6.35. The standard InChI is InChI=1S/C23H19ClN4O5/c1-11-4-6-15-13(9-11)23(22(31)25-15)19-18(17-3-2-8-26(17)23)20(29)27(21(19)30)16-7-5-12(28(32)33)10-14(16)24/h4-7,9-10,17-19H,2-3,8H2,1H3,(H,25,31)/t17-,18-,19+,23+/m1/s1. The molecule has 3 saturated heterocycles. The molecule has 2 aromatic rings. The van der Waals surface area contributed by atoms with Crippen LogP contribution in [0.15, 0.2) is 36.4 Å². The summed E-state index contributed by atoms with van der Waals surface area (Å²) in [7, 11) is 0. The first-order valence-corrected chi connectivity index (χ1v) is 11.2. The van der Waals surface area contributed by atoms with E-state index in [4.69, 9.17) is 11.6 Å². The molecule has 0 aromatic heterocycles. The average Bonchev–Trinajstić information content (AvgIpc) is 3.47. The number of hydrogen-bond donors (Lipinski definition) is 1. The highest BCUT2D eigenvalue weighted by Crippen LogP contribution is 2.61. The van der Waals surface area contributed by atoms with Crippen molar-refractivity contribution in [1.82, 2.24) is 4.90 Å². The number of halogens is 1. The van der Waals surface area contributed by atoms with Gasteiger partial charge < -0.3 is 5.32 Å². The predicted octanol–water partition coefficient (Wildman–Crippen LogP) is 2.99. The summed E-state index contributed by atoms with van der Waals surface area (Å²) in [5.74, 6) is -2.79. The molecule has 4 aliphatic heterocycles. The maximum atomic E-state index is 13.9. The number of amides is 3. The molecule has 3 fully saturated rings. The highest BCUT2D eigenvalue weighted by Gasteiger charge is 2.74. The summed E-state index contributed by atoms with van der Waals surface area (Å²) in [4.78, 5) is 54.8. The lowest BCUT2D eigenvalue weighted by atomic mass is 9.75. The second-order valence-electron chi connectivity index (χ2n) is 9.08. The maximum absolute atomic E-state index is 13.9. The second-order valence-corrected chi connectivity index (χ2v) is 9.49. The smallest absolute Gasteiger partial charge is 0.271 e. The van der Waals surface area contributed by atoms with Gasteiger partial charge in [-0.2, -0.15) is 0 Å². The second kappa shape index (κ2) is 6.61. The van der Waals surface area contributed by atoms with Crippen molar-refractivity contribution in [2.75, 3.05) is 16.8 Å². The summed E-state index contributed by atoms with van der Waals surface area (Å²) >= 11 is 6.29. The summed E-state index contributed by atoms with van der Waals surface area (Å²) < 4.78 is 0. The molecule has 2 aromatic carbocycles. The van der Waals surface area contributed by atoms with Gasteiger partial charge in [-0.05, 0) is 38.4 Å². The van der Waals surface area contributed by atoms with Crippen molar-refractivity contribution in [3.63, 3.8) is 0 Å². The lowest BCUT2D eigenvalue weighted by Gasteiger charge is -2.36. The highest BCUT2D eigenvalue weighted by molar-refractivity contribution is 6.36. The summed E-state index contributed by atoms with van der Waals surface area (Å²) in [6.07, 6.45) is 1.53. The first kappa shape index (κ1) is 20.3. The summed E-state index contributed by atoms with van der Waals surface area (Å²) in [6.45, 7) is 2.55. The Kier molecular flexibility index (Phi) is 4.07. The van der Waals surface area contributed by atoms with E-state index in [1.165, 1.54) is 12.1 Å². The molecule has 9 nitrogen and oxygen atoms in total. The third-order valence-corrected chi connectivity index (χ3v) is 7.83. The Balaban J connectivity index is 1.53. The molecule has 6 rings (SSSR count). The molecule has 1 N–H and O–H groups in total. The molecular weight excluding hydrogens is 448 g/mol. The van der Waals surface area contributed by atoms with Gasteiger partial charge >= 0.3 is 0 Å². The van der Waals surface area contributed by atoms with E-state index in [-0.39, 0.29) is 28.3 Å². The first-order chi connectivity index (χ1) is 15.8. The minimum Gasteiger partial charge on any atom is -0.324 e. The number of non-ortho nitro benzene ring substituents is 1. The van der Waals surface area contributed by atoms with E-state index in [2.05, 4.69) is 5.32 Å². The number of nitro benzene ring substituents is 1. The number of aryl methyl sites for hydroxylation is 1. The van der Waals surface area contributed by atoms with Crippen LogP contribution < -0.4 is 10.2 Å². The van der Waals surface area contributed by atoms with Crippen molar-refractivity contribution in [2.24, 2.45) is 11.8 Å². The molecule has 4 atom stereocenters. The van der Waals surface area contributed by atoms with Crippen molar-refractivity contribution in [3.05, 3.63) is 62.7 Å². The van der Waals surface area contributed by atoms with Crippen LogP contribution in [-0.2, 0) is 19.9 Å². The summed E-state index contributed by atoms with van der Waals surface area (Å²) in [6, 6.07) is 9.08. The van der Waals surface area contributed by atoms with Crippen LogP contribution in [0.1, 0.15) is 24.0 Å². The molecule has 168 valence electrons. The minimum absolute atomic E-state index is 0.0599. The predicted molar refractivity (Wildman–Crippen MR) is 119 cm³/mol. The van der Waals surface area contributed by atoms with Gasteiger partial charge in [0.2, 0.25) is 17.7 Å². The number of hydrogen-bond acceptors (Lipinski definition) is 6. The van der Waals surface area contributed by atoms with Crippen LogP contribution in [0.5, 0.6) is 0 Å². The number of carbonyl (C=O) groups excluding carboxylic acids is 3. The van der Waals surface area contributed by atoms with Crippen LogP contribution in [0.25, 0.3) is 0 Å². The normalized spacial score (nSPS) is 30.1. The molecule has 33 heavy (non-hydrogen) atoms. The Morgan fingerprint density at radius 2 is 1.94 bits per heavy atom. The molecule has 0 aliphatic carbocycles. The van der Waals surface area contributed by atoms with Crippen LogP contribution in [0.3, 0.4) is 0 Å². The van der Waals surface area contributed by atoms with Gasteiger partial charge in [0.25, 0.3) is 5.69 Å². The monoisotopic (exact) mass is 466 g/mol. The molecule has 3 amide bonds. The van der Waals surface area contributed by atoms with Gasteiger partial charge in [0.15, 0.2) is 0 Å². The third kappa shape index (κ3) is 2.38. The zero-order chi connectivity index (χ0) is 23.2. The number of nitrogens with one attached hydrogen (secondary N) is 1. The van der Waals surface area contributed by atoms with Crippen molar-refractivity contribution in [2.45, 2.75) is 31.3 Å².